The van der Waals surface area contributed by atoms with Gasteiger partial charge in [0.25, 0.3) is 0 Å². The summed E-state index contributed by atoms with van der Waals surface area (Å²) < 4.78 is 5.54. The molecular formula is C12H22N6O. The molecule has 1 aliphatic rings. The van der Waals surface area contributed by atoms with Crippen LogP contribution >= 0.6 is 0 Å². The molecule has 7 heteroatoms. The fourth-order valence-electron chi connectivity index (χ4n) is 2.33. The Morgan fingerprint density at radius 2 is 2.21 bits per heavy atom. The number of nitrogens with zero attached hydrogens (tertiary/aromatic N) is 4. The van der Waals surface area contributed by atoms with Crippen LogP contribution in [0.1, 0.15) is 40.0 Å². The molecule has 1 saturated heterocycles. The number of ether oxygens (including phenoxy) is 1. The first-order chi connectivity index (χ1) is 9.13. The number of hydrazine groups is 1. The molecule has 2 heterocycles. The topological polar surface area (TPSA) is 89.2 Å². The van der Waals surface area contributed by atoms with Gasteiger partial charge in [-0.15, -0.1) is 0 Å². The van der Waals surface area contributed by atoms with Gasteiger partial charge in [-0.25, -0.2) is 5.84 Å². The minimum Gasteiger partial charge on any atom is -0.461 e. The predicted octanol–water partition coefficient (Wildman–Crippen LogP) is 1.32. The van der Waals surface area contributed by atoms with Crippen LogP contribution in [0, 0.1) is 0 Å². The average Bonchev–Trinajstić information content (AvgIpc) is 2.85. The van der Waals surface area contributed by atoms with E-state index in [1.54, 1.807) is 0 Å². The van der Waals surface area contributed by atoms with Crippen LogP contribution in [0.3, 0.4) is 0 Å². The molecule has 1 fully saturated rings. The molecule has 1 aromatic heterocycles. The average molecular weight is 266 g/mol. The summed E-state index contributed by atoms with van der Waals surface area (Å²) in [5.41, 5.74) is 2.47. The third kappa shape index (κ3) is 3.23. The first-order valence-corrected chi connectivity index (χ1v) is 6.80. The molecule has 1 aliphatic heterocycles. The van der Waals surface area contributed by atoms with Crippen molar-refractivity contribution in [2.24, 2.45) is 5.84 Å². The molecule has 0 saturated carbocycles. The van der Waals surface area contributed by atoms with E-state index in [0.29, 0.717) is 23.9 Å². The van der Waals surface area contributed by atoms with Gasteiger partial charge in [-0.2, -0.15) is 15.0 Å². The van der Waals surface area contributed by atoms with Crippen molar-refractivity contribution in [3.8, 4) is 6.01 Å². The number of nitrogens with two attached hydrogens (primary N) is 1. The Bertz CT molecular complexity index is 425. The van der Waals surface area contributed by atoms with Gasteiger partial charge in [0.05, 0.1) is 6.10 Å². The highest BCUT2D eigenvalue weighted by Crippen LogP contribution is 2.26. The van der Waals surface area contributed by atoms with Gasteiger partial charge >= 0.3 is 6.01 Å². The van der Waals surface area contributed by atoms with Gasteiger partial charge in [-0.1, -0.05) is 6.92 Å². The zero-order valence-electron chi connectivity index (χ0n) is 11.8. The molecule has 1 atom stereocenters. The van der Waals surface area contributed by atoms with E-state index in [1.165, 1.54) is 6.42 Å². The van der Waals surface area contributed by atoms with Crippen LogP contribution in [0.25, 0.3) is 0 Å². The number of hydrogen-bond donors (Lipinski definition) is 2. The standard InChI is InChI=1S/C12H22N6O/c1-4-9-6-5-7-18(9)11-14-10(17-13)15-12(16-11)19-8(2)3/h8-9H,4-7,13H2,1-3H3,(H,14,15,16,17). The fourth-order valence-corrected chi connectivity index (χ4v) is 2.33. The van der Waals surface area contributed by atoms with Crippen molar-refractivity contribution in [1.82, 2.24) is 15.0 Å². The van der Waals surface area contributed by atoms with Gasteiger partial charge < -0.3 is 9.64 Å². The van der Waals surface area contributed by atoms with Gasteiger partial charge in [0.2, 0.25) is 11.9 Å². The Morgan fingerprint density at radius 1 is 1.42 bits per heavy atom. The smallest absolute Gasteiger partial charge is 0.323 e. The van der Waals surface area contributed by atoms with E-state index in [2.05, 4.69) is 32.2 Å². The summed E-state index contributed by atoms with van der Waals surface area (Å²) in [6.07, 6.45) is 3.43. The first-order valence-electron chi connectivity index (χ1n) is 6.80. The lowest BCUT2D eigenvalue weighted by atomic mass is 10.2. The van der Waals surface area contributed by atoms with Gasteiger partial charge in [0.15, 0.2) is 0 Å². The van der Waals surface area contributed by atoms with Gasteiger partial charge in [-0.05, 0) is 33.1 Å². The second-order valence-electron chi connectivity index (χ2n) is 4.95. The van der Waals surface area contributed by atoms with E-state index < -0.39 is 0 Å². The van der Waals surface area contributed by atoms with Crippen LogP contribution in [0.2, 0.25) is 0 Å². The van der Waals surface area contributed by atoms with E-state index in [0.717, 1.165) is 19.4 Å². The van der Waals surface area contributed by atoms with Crippen LogP contribution in [-0.4, -0.2) is 33.6 Å². The Kier molecular flexibility index (Phi) is 4.36. The Labute approximate surface area is 113 Å². The summed E-state index contributed by atoms with van der Waals surface area (Å²) >= 11 is 0. The fraction of sp³-hybridized carbons (Fsp3) is 0.750. The quantitative estimate of drug-likeness (QED) is 0.613. The Morgan fingerprint density at radius 3 is 2.84 bits per heavy atom. The Balaban J connectivity index is 2.28. The molecule has 3 N–H and O–H groups in total. The van der Waals surface area contributed by atoms with E-state index in [9.17, 15) is 0 Å². The molecule has 19 heavy (non-hydrogen) atoms. The maximum Gasteiger partial charge on any atom is 0.323 e. The third-order valence-corrected chi connectivity index (χ3v) is 3.18. The van der Waals surface area contributed by atoms with Gasteiger partial charge in [-0.3, -0.25) is 5.43 Å². The van der Waals surface area contributed by atoms with Crippen molar-refractivity contribution in [3.63, 3.8) is 0 Å². The van der Waals surface area contributed by atoms with Crippen LogP contribution in [0.15, 0.2) is 0 Å². The van der Waals surface area contributed by atoms with E-state index in [4.69, 9.17) is 10.6 Å². The summed E-state index contributed by atoms with van der Waals surface area (Å²) in [5, 5.41) is 0. The van der Waals surface area contributed by atoms with Crippen molar-refractivity contribution in [1.29, 1.82) is 0 Å². The van der Waals surface area contributed by atoms with Crippen molar-refractivity contribution < 1.29 is 4.74 Å². The first kappa shape index (κ1) is 13.8. The van der Waals surface area contributed by atoms with Crippen molar-refractivity contribution in [2.45, 2.75) is 52.2 Å². The monoisotopic (exact) mass is 266 g/mol. The molecule has 0 spiro atoms. The maximum absolute atomic E-state index is 5.54. The van der Waals surface area contributed by atoms with Gasteiger partial charge in [0, 0.05) is 12.6 Å². The molecule has 106 valence electrons. The van der Waals surface area contributed by atoms with E-state index in [1.807, 2.05) is 13.8 Å². The maximum atomic E-state index is 5.54. The SMILES string of the molecule is CCC1CCCN1c1nc(NN)nc(OC(C)C)n1. The molecule has 0 amide bonds. The lowest BCUT2D eigenvalue weighted by molar-refractivity contribution is 0.222. The number of nitrogen functional groups attached to an aromatic ring is 1. The van der Waals surface area contributed by atoms with E-state index in [-0.39, 0.29) is 6.10 Å². The normalized spacial score (nSPS) is 19.0. The number of nitrogens with one attached hydrogen (secondary N) is 1. The number of anilines is 2. The molecule has 1 unspecified atom stereocenters. The lowest BCUT2D eigenvalue weighted by Gasteiger charge is -2.24. The highest BCUT2D eigenvalue weighted by Gasteiger charge is 2.26. The second-order valence-corrected chi connectivity index (χ2v) is 4.95. The van der Waals surface area contributed by atoms with Crippen LogP contribution in [-0.2, 0) is 0 Å². The molecule has 7 nitrogen and oxygen atoms in total. The van der Waals surface area contributed by atoms with Gasteiger partial charge in [0.1, 0.15) is 0 Å². The lowest BCUT2D eigenvalue weighted by Crippen LogP contribution is -2.31. The zero-order valence-corrected chi connectivity index (χ0v) is 11.8. The van der Waals surface area contributed by atoms with Crippen LogP contribution < -0.4 is 20.9 Å². The Hall–Kier alpha value is -1.63. The summed E-state index contributed by atoms with van der Waals surface area (Å²) in [6.45, 7) is 7.01. The summed E-state index contributed by atoms with van der Waals surface area (Å²) in [5.74, 6) is 6.38. The summed E-state index contributed by atoms with van der Waals surface area (Å²) in [7, 11) is 0. The molecule has 1 aromatic rings. The molecule has 2 rings (SSSR count). The largest absolute Gasteiger partial charge is 0.461 e. The molecule has 0 radical (unpaired) electrons. The van der Waals surface area contributed by atoms with Crippen LogP contribution in [0.5, 0.6) is 6.01 Å². The highest BCUT2D eigenvalue weighted by molar-refractivity contribution is 5.39. The van der Waals surface area contributed by atoms with Crippen molar-refractivity contribution in [2.75, 3.05) is 16.9 Å². The summed E-state index contributed by atoms with van der Waals surface area (Å²) in [6, 6.07) is 0.801. The van der Waals surface area contributed by atoms with Crippen LogP contribution in [0.4, 0.5) is 11.9 Å². The molecule has 0 aliphatic carbocycles. The molecule has 0 aromatic carbocycles. The molecule has 0 bridgehead atoms. The van der Waals surface area contributed by atoms with Crippen molar-refractivity contribution >= 4 is 11.9 Å². The second kappa shape index (κ2) is 6.01. The number of hydrogen-bond acceptors (Lipinski definition) is 7. The highest BCUT2D eigenvalue weighted by atomic mass is 16.5. The number of rotatable bonds is 5. The molecular weight excluding hydrogens is 244 g/mol. The number of aromatic nitrogens is 3. The predicted molar refractivity (Wildman–Crippen MR) is 74.1 cm³/mol. The zero-order chi connectivity index (χ0) is 13.8. The third-order valence-electron chi connectivity index (χ3n) is 3.18. The minimum atomic E-state index is 0.0152. The van der Waals surface area contributed by atoms with E-state index >= 15 is 0 Å². The minimum absolute atomic E-state index is 0.0152. The summed E-state index contributed by atoms with van der Waals surface area (Å²) in [4.78, 5) is 15.0. The van der Waals surface area contributed by atoms with Crippen molar-refractivity contribution in [3.05, 3.63) is 0 Å².